The van der Waals surface area contributed by atoms with Gasteiger partial charge in [-0.25, -0.2) is 4.79 Å². The van der Waals surface area contributed by atoms with Crippen molar-refractivity contribution in [3.05, 3.63) is 12.7 Å². The summed E-state index contributed by atoms with van der Waals surface area (Å²) in [5.41, 5.74) is -0.548. The van der Waals surface area contributed by atoms with Crippen molar-refractivity contribution in [1.82, 2.24) is 5.32 Å². The van der Waals surface area contributed by atoms with Crippen LogP contribution < -0.4 is 5.32 Å². The molecule has 0 spiro atoms. The number of alkyl carbamates (subject to hydrolysis) is 1. The SMILES string of the molecule is C#CC[C@@H](O)CC(C=C)NC(=O)OC(C)(C)C. The Kier molecular flexibility index (Phi) is 6.37. The van der Waals surface area contributed by atoms with Gasteiger partial charge in [0.2, 0.25) is 0 Å². The van der Waals surface area contributed by atoms with Crippen LogP contribution in [-0.4, -0.2) is 28.9 Å². The van der Waals surface area contributed by atoms with Gasteiger partial charge < -0.3 is 15.2 Å². The van der Waals surface area contributed by atoms with Crippen molar-refractivity contribution >= 4 is 6.09 Å². The molecule has 0 saturated heterocycles. The van der Waals surface area contributed by atoms with Gasteiger partial charge in [0.05, 0.1) is 12.1 Å². The molecule has 0 aliphatic rings. The lowest BCUT2D eigenvalue weighted by Gasteiger charge is -2.23. The third kappa shape index (κ3) is 8.35. The van der Waals surface area contributed by atoms with Gasteiger partial charge in [-0.05, 0) is 27.2 Å². The molecular formula is C13H21NO3. The molecule has 0 aromatic rings. The number of rotatable bonds is 5. The lowest BCUT2D eigenvalue weighted by atomic mass is 10.1. The van der Waals surface area contributed by atoms with Gasteiger partial charge in [-0.1, -0.05) is 6.08 Å². The number of carbonyl (C=O) groups is 1. The maximum absolute atomic E-state index is 11.5. The first-order valence-corrected chi connectivity index (χ1v) is 5.52. The summed E-state index contributed by atoms with van der Waals surface area (Å²) < 4.78 is 5.09. The summed E-state index contributed by atoms with van der Waals surface area (Å²) in [5.74, 6) is 2.36. The zero-order valence-electron chi connectivity index (χ0n) is 10.7. The minimum atomic E-state index is -0.655. The fourth-order valence-corrected chi connectivity index (χ4v) is 1.19. The zero-order valence-corrected chi connectivity index (χ0v) is 10.7. The molecular weight excluding hydrogens is 218 g/mol. The second kappa shape index (κ2) is 6.97. The average molecular weight is 239 g/mol. The van der Waals surface area contributed by atoms with Gasteiger partial charge in [0, 0.05) is 6.42 Å². The Morgan fingerprint density at radius 2 is 2.24 bits per heavy atom. The van der Waals surface area contributed by atoms with Crippen LogP contribution in [0.15, 0.2) is 12.7 Å². The van der Waals surface area contributed by atoms with Gasteiger partial charge in [-0.2, -0.15) is 0 Å². The number of aliphatic hydroxyl groups is 1. The molecule has 0 saturated carbocycles. The smallest absolute Gasteiger partial charge is 0.408 e. The minimum Gasteiger partial charge on any atom is -0.444 e. The zero-order chi connectivity index (χ0) is 13.5. The highest BCUT2D eigenvalue weighted by Crippen LogP contribution is 2.08. The fourth-order valence-electron chi connectivity index (χ4n) is 1.19. The highest BCUT2D eigenvalue weighted by molar-refractivity contribution is 5.68. The summed E-state index contributed by atoms with van der Waals surface area (Å²) in [6.07, 6.45) is 6.02. The predicted octanol–water partition coefficient (Wildman–Crippen LogP) is 1.84. The Morgan fingerprint density at radius 3 is 2.65 bits per heavy atom. The van der Waals surface area contributed by atoms with E-state index in [1.807, 2.05) is 0 Å². The van der Waals surface area contributed by atoms with Gasteiger partial charge in [0.25, 0.3) is 0 Å². The highest BCUT2D eigenvalue weighted by atomic mass is 16.6. The molecule has 0 rings (SSSR count). The standard InChI is InChI=1S/C13H21NO3/c1-6-8-11(15)9-10(7-2)14-12(16)17-13(3,4)5/h1,7,10-11,15H,2,8-9H2,3-5H3,(H,14,16)/t10?,11-/m1/s1. The van der Waals surface area contributed by atoms with E-state index in [0.717, 1.165) is 0 Å². The summed E-state index contributed by atoms with van der Waals surface area (Å²) in [4.78, 5) is 11.5. The van der Waals surface area contributed by atoms with Gasteiger partial charge in [0.15, 0.2) is 0 Å². The van der Waals surface area contributed by atoms with E-state index >= 15 is 0 Å². The van der Waals surface area contributed by atoms with Gasteiger partial charge in [0.1, 0.15) is 5.60 Å². The Labute approximate surface area is 103 Å². The van der Waals surface area contributed by atoms with Crippen molar-refractivity contribution < 1.29 is 14.6 Å². The first kappa shape index (κ1) is 15.5. The summed E-state index contributed by atoms with van der Waals surface area (Å²) in [6, 6.07) is -0.354. The number of nitrogens with one attached hydrogen (secondary N) is 1. The molecule has 4 nitrogen and oxygen atoms in total. The monoisotopic (exact) mass is 239 g/mol. The molecule has 96 valence electrons. The van der Waals surface area contributed by atoms with Crippen molar-refractivity contribution in [2.45, 2.75) is 51.4 Å². The molecule has 0 aromatic carbocycles. The van der Waals surface area contributed by atoms with Gasteiger partial charge >= 0.3 is 6.09 Å². The molecule has 4 heteroatoms. The van der Waals surface area contributed by atoms with Crippen molar-refractivity contribution in [3.63, 3.8) is 0 Å². The molecule has 1 unspecified atom stereocenters. The van der Waals surface area contributed by atoms with E-state index in [1.54, 1.807) is 26.8 Å². The van der Waals surface area contributed by atoms with Crippen molar-refractivity contribution in [2.24, 2.45) is 0 Å². The molecule has 0 aromatic heterocycles. The Bertz CT molecular complexity index is 299. The Morgan fingerprint density at radius 1 is 1.65 bits per heavy atom. The third-order valence-corrected chi connectivity index (χ3v) is 1.87. The maximum atomic E-state index is 11.5. The summed E-state index contributed by atoms with van der Waals surface area (Å²) >= 11 is 0. The Hall–Kier alpha value is -1.47. The van der Waals surface area contributed by atoms with Crippen LogP contribution in [0.4, 0.5) is 4.79 Å². The summed E-state index contributed by atoms with van der Waals surface area (Å²) in [6.45, 7) is 8.93. The van der Waals surface area contributed by atoms with Crippen molar-refractivity contribution in [3.8, 4) is 12.3 Å². The van der Waals surface area contributed by atoms with Crippen LogP contribution in [0.2, 0.25) is 0 Å². The van der Waals surface area contributed by atoms with Gasteiger partial charge in [-0.15, -0.1) is 18.9 Å². The minimum absolute atomic E-state index is 0.250. The summed E-state index contributed by atoms with van der Waals surface area (Å²) in [5, 5.41) is 12.1. The van der Waals surface area contributed by atoms with Crippen molar-refractivity contribution in [1.29, 1.82) is 0 Å². The van der Waals surface area contributed by atoms with Crippen LogP contribution in [0.5, 0.6) is 0 Å². The van der Waals surface area contributed by atoms with Crippen LogP contribution in [0.25, 0.3) is 0 Å². The highest BCUT2D eigenvalue weighted by Gasteiger charge is 2.19. The second-order valence-electron chi connectivity index (χ2n) is 4.79. The molecule has 2 atom stereocenters. The van der Waals surface area contributed by atoms with Crippen LogP contribution in [0.3, 0.4) is 0 Å². The molecule has 0 radical (unpaired) electrons. The maximum Gasteiger partial charge on any atom is 0.408 e. The van der Waals surface area contributed by atoms with E-state index < -0.39 is 17.8 Å². The summed E-state index contributed by atoms with van der Waals surface area (Å²) in [7, 11) is 0. The fraction of sp³-hybridized carbons (Fsp3) is 0.615. The lowest BCUT2D eigenvalue weighted by Crippen LogP contribution is -2.39. The van der Waals surface area contributed by atoms with Gasteiger partial charge in [-0.3, -0.25) is 0 Å². The van der Waals surface area contributed by atoms with E-state index in [9.17, 15) is 9.90 Å². The Balaban J connectivity index is 4.18. The molecule has 0 aliphatic carbocycles. The number of amides is 1. The predicted molar refractivity (Wildman–Crippen MR) is 67.4 cm³/mol. The number of aliphatic hydroxyl groups excluding tert-OH is 1. The van der Waals surface area contributed by atoms with E-state index in [2.05, 4.69) is 17.8 Å². The first-order valence-electron chi connectivity index (χ1n) is 5.52. The molecule has 0 bridgehead atoms. The largest absolute Gasteiger partial charge is 0.444 e. The topological polar surface area (TPSA) is 58.6 Å². The second-order valence-corrected chi connectivity index (χ2v) is 4.79. The number of terminal acetylenes is 1. The number of carbonyl (C=O) groups excluding carboxylic acids is 1. The van der Waals surface area contributed by atoms with E-state index in [-0.39, 0.29) is 12.5 Å². The van der Waals surface area contributed by atoms with Crippen LogP contribution in [0.1, 0.15) is 33.6 Å². The number of hydrogen-bond donors (Lipinski definition) is 2. The van der Waals surface area contributed by atoms with E-state index in [0.29, 0.717) is 6.42 Å². The van der Waals surface area contributed by atoms with E-state index in [4.69, 9.17) is 11.2 Å². The van der Waals surface area contributed by atoms with Crippen LogP contribution in [0, 0.1) is 12.3 Å². The lowest BCUT2D eigenvalue weighted by molar-refractivity contribution is 0.0500. The molecule has 0 aliphatic heterocycles. The molecule has 2 N–H and O–H groups in total. The molecule has 0 heterocycles. The first-order chi connectivity index (χ1) is 7.78. The normalized spacial score (nSPS) is 14.3. The van der Waals surface area contributed by atoms with Crippen LogP contribution >= 0.6 is 0 Å². The van der Waals surface area contributed by atoms with Crippen molar-refractivity contribution in [2.75, 3.05) is 0 Å². The molecule has 1 amide bonds. The molecule has 17 heavy (non-hydrogen) atoms. The third-order valence-electron chi connectivity index (χ3n) is 1.87. The quantitative estimate of drug-likeness (QED) is 0.568. The number of hydrogen-bond acceptors (Lipinski definition) is 3. The number of ether oxygens (including phenoxy) is 1. The molecule has 0 fully saturated rings. The van der Waals surface area contributed by atoms with E-state index in [1.165, 1.54) is 0 Å². The average Bonchev–Trinajstić information content (AvgIpc) is 2.13. The van der Waals surface area contributed by atoms with Crippen LogP contribution in [-0.2, 0) is 4.74 Å².